The molecule has 0 bridgehead atoms. The molecule has 2 aromatic rings. The standard InChI is InChI=1S/C15H15N3O2S/c1-15(9-16,10-6-7-10)18-13(19)8-21-14-17-11-4-2-3-5-12(11)20-14/h2-5,10H,6-8H2,1H3,(H,18,19)/t15-/m0/s1. The van der Waals surface area contributed by atoms with Crippen LogP contribution in [0.15, 0.2) is 33.9 Å². The largest absolute Gasteiger partial charge is 0.431 e. The van der Waals surface area contributed by atoms with Crippen molar-refractivity contribution in [3.8, 4) is 6.07 Å². The fraction of sp³-hybridized carbons (Fsp3) is 0.400. The second-order valence-electron chi connectivity index (χ2n) is 5.37. The van der Waals surface area contributed by atoms with E-state index >= 15 is 0 Å². The van der Waals surface area contributed by atoms with Gasteiger partial charge in [0.15, 0.2) is 5.58 Å². The number of carbonyl (C=O) groups excluding carboxylic acids is 1. The van der Waals surface area contributed by atoms with Gasteiger partial charge in [0, 0.05) is 0 Å². The molecule has 0 unspecified atom stereocenters. The summed E-state index contributed by atoms with van der Waals surface area (Å²) in [5.74, 6) is 0.301. The molecular formula is C15H15N3O2S. The number of carbonyl (C=O) groups is 1. The van der Waals surface area contributed by atoms with Crippen molar-refractivity contribution in [3.63, 3.8) is 0 Å². The van der Waals surface area contributed by atoms with Crippen molar-refractivity contribution in [1.29, 1.82) is 5.26 Å². The Morgan fingerprint density at radius 3 is 3.00 bits per heavy atom. The zero-order valence-corrected chi connectivity index (χ0v) is 12.4. The van der Waals surface area contributed by atoms with Crippen LogP contribution in [0, 0.1) is 17.2 Å². The Labute approximate surface area is 126 Å². The molecule has 5 nitrogen and oxygen atoms in total. The Morgan fingerprint density at radius 1 is 1.57 bits per heavy atom. The summed E-state index contributed by atoms with van der Waals surface area (Å²) in [6.45, 7) is 1.78. The normalized spacial score (nSPS) is 17.1. The summed E-state index contributed by atoms with van der Waals surface area (Å²) in [6.07, 6.45) is 2.01. The van der Waals surface area contributed by atoms with Gasteiger partial charge in [0.1, 0.15) is 11.1 Å². The number of para-hydroxylation sites is 2. The third-order valence-electron chi connectivity index (χ3n) is 3.63. The molecule has 1 heterocycles. The Balaban J connectivity index is 1.59. The number of hydrogen-bond donors (Lipinski definition) is 1. The average Bonchev–Trinajstić information content (AvgIpc) is 3.25. The van der Waals surface area contributed by atoms with Gasteiger partial charge in [0.05, 0.1) is 11.8 Å². The van der Waals surface area contributed by atoms with E-state index in [2.05, 4.69) is 16.4 Å². The minimum absolute atomic E-state index is 0.168. The Morgan fingerprint density at radius 2 is 2.33 bits per heavy atom. The Hall–Kier alpha value is -2.00. The van der Waals surface area contributed by atoms with Crippen molar-refractivity contribution in [2.75, 3.05) is 5.75 Å². The number of nitrogens with one attached hydrogen (secondary N) is 1. The van der Waals surface area contributed by atoms with Crippen LogP contribution < -0.4 is 5.32 Å². The molecule has 1 atom stereocenters. The molecule has 0 spiro atoms. The summed E-state index contributed by atoms with van der Waals surface area (Å²) >= 11 is 1.24. The summed E-state index contributed by atoms with van der Waals surface area (Å²) in [6, 6.07) is 9.68. The molecule has 0 saturated heterocycles. The monoisotopic (exact) mass is 301 g/mol. The number of nitriles is 1. The van der Waals surface area contributed by atoms with Crippen molar-refractivity contribution >= 4 is 28.8 Å². The van der Waals surface area contributed by atoms with Crippen molar-refractivity contribution < 1.29 is 9.21 Å². The quantitative estimate of drug-likeness (QED) is 0.859. The van der Waals surface area contributed by atoms with Gasteiger partial charge < -0.3 is 9.73 Å². The topological polar surface area (TPSA) is 78.9 Å². The summed E-state index contributed by atoms with van der Waals surface area (Å²) in [7, 11) is 0. The number of benzene rings is 1. The zero-order chi connectivity index (χ0) is 14.9. The molecule has 1 amide bonds. The van der Waals surface area contributed by atoms with Gasteiger partial charge in [-0.1, -0.05) is 23.9 Å². The number of amides is 1. The molecule has 3 rings (SSSR count). The second kappa shape index (κ2) is 5.41. The van der Waals surface area contributed by atoms with Gasteiger partial charge in [-0.15, -0.1) is 0 Å². The van der Waals surface area contributed by atoms with E-state index in [9.17, 15) is 10.1 Å². The molecule has 21 heavy (non-hydrogen) atoms. The molecular weight excluding hydrogens is 286 g/mol. The van der Waals surface area contributed by atoms with Crippen LogP contribution in [-0.4, -0.2) is 22.2 Å². The Bertz CT molecular complexity index is 684. The van der Waals surface area contributed by atoms with Crippen LogP contribution in [0.2, 0.25) is 0 Å². The number of oxazole rings is 1. The molecule has 1 aliphatic carbocycles. The number of thioether (sulfide) groups is 1. The van der Waals surface area contributed by atoms with Gasteiger partial charge in [0.2, 0.25) is 5.91 Å². The van der Waals surface area contributed by atoms with Crippen molar-refractivity contribution in [3.05, 3.63) is 24.3 Å². The highest BCUT2D eigenvalue weighted by molar-refractivity contribution is 7.99. The smallest absolute Gasteiger partial charge is 0.257 e. The van der Waals surface area contributed by atoms with E-state index in [0.717, 1.165) is 18.4 Å². The number of hydrogen-bond acceptors (Lipinski definition) is 5. The van der Waals surface area contributed by atoms with Crippen LogP contribution in [0.4, 0.5) is 0 Å². The van der Waals surface area contributed by atoms with E-state index in [4.69, 9.17) is 4.42 Å². The number of rotatable bonds is 5. The van der Waals surface area contributed by atoms with Crippen molar-refractivity contribution in [2.45, 2.75) is 30.5 Å². The Kier molecular flexibility index (Phi) is 3.60. The fourth-order valence-electron chi connectivity index (χ4n) is 2.25. The minimum atomic E-state index is -0.751. The molecule has 108 valence electrons. The first-order valence-electron chi connectivity index (χ1n) is 6.81. The van der Waals surface area contributed by atoms with Crippen LogP contribution in [-0.2, 0) is 4.79 Å². The SMILES string of the molecule is C[C@@](C#N)(NC(=O)CSc1nc2ccccc2o1)C1CC1. The summed E-state index contributed by atoms with van der Waals surface area (Å²) in [4.78, 5) is 16.3. The molecule has 1 aromatic heterocycles. The van der Waals surface area contributed by atoms with Gasteiger partial charge in [-0.05, 0) is 37.8 Å². The molecule has 1 aliphatic rings. The fourth-order valence-corrected chi connectivity index (χ4v) is 2.89. The van der Waals surface area contributed by atoms with Gasteiger partial charge >= 0.3 is 0 Å². The van der Waals surface area contributed by atoms with E-state index in [1.54, 1.807) is 6.92 Å². The zero-order valence-electron chi connectivity index (χ0n) is 11.6. The highest BCUT2D eigenvalue weighted by atomic mass is 32.2. The highest BCUT2D eigenvalue weighted by Gasteiger charge is 2.42. The predicted octanol–water partition coefficient (Wildman–Crippen LogP) is 2.73. The first kappa shape index (κ1) is 14.0. The lowest BCUT2D eigenvalue weighted by Crippen LogP contribution is -2.47. The van der Waals surface area contributed by atoms with Crippen molar-refractivity contribution in [2.24, 2.45) is 5.92 Å². The van der Waals surface area contributed by atoms with Crippen LogP contribution in [0.3, 0.4) is 0 Å². The maximum atomic E-state index is 12.0. The number of nitrogens with zero attached hydrogens (tertiary/aromatic N) is 2. The van der Waals surface area contributed by atoms with E-state index < -0.39 is 5.54 Å². The summed E-state index contributed by atoms with van der Waals surface area (Å²) in [5, 5.41) is 12.5. The second-order valence-corrected chi connectivity index (χ2v) is 6.30. The number of aromatic nitrogens is 1. The first-order chi connectivity index (χ1) is 10.1. The predicted molar refractivity (Wildman–Crippen MR) is 79.6 cm³/mol. The lowest BCUT2D eigenvalue weighted by atomic mass is 9.98. The third-order valence-corrected chi connectivity index (χ3v) is 4.45. The highest BCUT2D eigenvalue weighted by Crippen LogP contribution is 2.39. The molecule has 0 aliphatic heterocycles. The molecule has 6 heteroatoms. The third kappa shape index (κ3) is 3.03. The maximum absolute atomic E-state index is 12.0. The van der Waals surface area contributed by atoms with Crippen molar-refractivity contribution in [1.82, 2.24) is 10.3 Å². The molecule has 0 radical (unpaired) electrons. The van der Waals surface area contributed by atoms with Crippen LogP contribution in [0.5, 0.6) is 0 Å². The van der Waals surface area contributed by atoms with Crippen LogP contribution in [0.1, 0.15) is 19.8 Å². The summed E-state index contributed by atoms with van der Waals surface area (Å²) in [5.41, 5.74) is 0.736. The first-order valence-corrected chi connectivity index (χ1v) is 7.80. The van der Waals surface area contributed by atoms with Gasteiger partial charge in [-0.2, -0.15) is 5.26 Å². The molecule has 1 fully saturated rings. The van der Waals surface area contributed by atoms with Gasteiger partial charge in [-0.3, -0.25) is 4.79 Å². The number of fused-ring (bicyclic) bond motifs is 1. The van der Waals surface area contributed by atoms with E-state index in [0.29, 0.717) is 10.8 Å². The lowest BCUT2D eigenvalue weighted by molar-refractivity contribution is -0.119. The van der Waals surface area contributed by atoms with E-state index in [1.165, 1.54) is 11.8 Å². The lowest BCUT2D eigenvalue weighted by Gasteiger charge is -2.22. The van der Waals surface area contributed by atoms with E-state index in [-0.39, 0.29) is 17.6 Å². The minimum Gasteiger partial charge on any atom is -0.431 e. The van der Waals surface area contributed by atoms with Crippen LogP contribution in [0.25, 0.3) is 11.1 Å². The molecule has 1 aromatic carbocycles. The average molecular weight is 301 g/mol. The summed E-state index contributed by atoms with van der Waals surface area (Å²) < 4.78 is 5.54. The molecule has 1 N–H and O–H groups in total. The van der Waals surface area contributed by atoms with E-state index in [1.807, 2.05) is 24.3 Å². The van der Waals surface area contributed by atoms with Gasteiger partial charge in [0.25, 0.3) is 5.22 Å². The maximum Gasteiger partial charge on any atom is 0.257 e. The van der Waals surface area contributed by atoms with Gasteiger partial charge in [-0.25, -0.2) is 4.98 Å². The van der Waals surface area contributed by atoms with Crippen LogP contribution >= 0.6 is 11.8 Å². The molecule has 1 saturated carbocycles.